The molecular weight excluding hydrogens is 430 g/mol. The monoisotopic (exact) mass is 457 g/mol. The third-order valence-corrected chi connectivity index (χ3v) is 7.23. The van der Waals surface area contributed by atoms with Gasteiger partial charge in [-0.2, -0.15) is 5.26 Å². The van der Waals surface area contributed by atoms with E-state index >= 15 is 0 Å². The van der Waals surface area contributed by atoms with E-state index in [1.54, 1.807) is 0 Å². The van der Waals surface area contributed by atoms with E-state index in [-0.39, 0.29) is 0 Å². The number of anilines is 2. The zero-order chi connectivity index (χ0) is 23.1. The number of nitriles is 1. The van der Waals surface area contributed by atoms with Crippen molar-refractivity contribution < 1.29 is 0 Å². The Kier molecular flexibility index (Phi) is 5.64. The fourth-order valence-electron chi connectivity index (χ4n) is 5.13. The van der Waals surface area contributed by atoms with Crippen molar-refractivity contribution in [2.75, 3.05) is 41.9 Å². The van der Waals surface area contributed by atoms with Gasteiger partial charge in [-0.3, -0.25) is 4.40 Å². The summed E-state index contributed by atoms with van der Waals surface area (Å²) in [7, 11) is 0. The SMILES string of the molecule is Cc1cccc(N2CCN(c3c(CCCl)c(C)c(C#N)c4nc5ccccc5n34)CC2)c1C. The predicted molar refractivity (Wildman–Crippen MR) is 137 cm³/mol. The number of rotatable bonds is 4. The van der Waals surface area contributed by atoms with Gasteiger partial charge in [-0.15, -0.1) is 11.6 Å². The summed E-state index contributed by atoms with van der Waals surface area (Å²) >= 11 is 6.26. The molecule has 0 N–H and O–H groups in total. The normalized spacial score (nSPS) is 14.3. The van der Waals surface area contributed by atoms with E-state index in [1.165, 1.54) is 16.8 Å². The number of hydrogen-bond donors (Lipinski definition) is 0. The van der Waals surface area contributed by atoms with Crippen molar-refractivity contribution in [3.8, 4) is 6.07 Å². The Morgan fingerprint density at radius 2 is 1.67 bits per heavy atom. The highest BCUT2D eigenvalue weighted by atomic mass is 35.5. The fraction of sp³-hybridized carbons (Fsp3) is 0.333. The van der Waals surface area contributed by atoms with Crippen LogP contribution in [0.1, 0.15) is 27.8 Å². The number of aromatic nitrogens is 2. The van der Waals surface area contributed by atoms with Gasteiger partial charge in [-0.1, -0.05) is 24.3 Å². The minimum atomic E-state index is 0.513. The maximum Gasteiger partial charge on any atom is 0.157 e. The average Bonchev–Trinajstić information content (AvgIpc) is 3.21. The Morgan fingerprint density at radius 1 is 0.939 bits per heavy atom. The van der Waals surface area contributed by atoms with Crippen LogP contribution in [0.3, 0.4) is 0 Å². The number of hydrogen-bond acceptors (Lipinski definition) is 4. The van der Waals surface area contributed by atoms with Crippen LogP contribution in [0.5, 0.6) is 0 Å². The molecule has 1 aliphatic rings. The summed E-state index contributed by atoms with van der Waals surface area (Å²) in [5, 5.41) is 9.99. The van der Waals surface area contributed by atoms with Crippen LogP contribution >= 0.6 is 11.6 Å². The van der Waals surface area contributed by atoms with Gasteiger partial charge in [0, 0.05) is 37.7 Å². The first-order chi connectivity index (χ1) is 16.0. The van der Waals surface area contributed by atoms with E-state index in [0.717, 1.165) is 66.2 Å². The van der Waals surface area contributed by atoms with E-state index in [1.807, 2.05) is 25.1 Å². The lowest BCUT2D eigenvalue weighted by molar-refractivity contribution is 0.641. The largest absolute Gasteiger partial charge is 0.368 e. The van der Waals surface area contributed by atoms with Crippen LogP contribution in [-0.2, 0) is 6.42 Å². The number of piperazine rings is 1. The van der Waals surface area contributed by atoms with E-state index < -0.39 is 0 Å². The number of para-hydroxylation sites is 2. The highest BCUT2D eigenvalue weighted by Crippen LogP contribution is 2.35. The molecule has 2 aromatic carbocycles. The van der Waals surface area contributed by atoms with Gasteiger partial charge in [-0.05, 0) is 67.6 Å². The summed E-state index contributed by atoms with van der Waals surface area (Å²) in [5.74, 6) is 1.65. The molecule has 5 nitrogen and oxygen atoms in total. The molecule has 0 aliphatic carbocycles. The molecule has 5 rings (SSSR count). The average molecular weight is 458 g/mol. The molecule has 2 aromatic heterocycles. The van der Waals surface area contributed by atoms with Crippen molar-refractivity contribution in [3.05, 3.63) is 70.3 Å². The summed E-state index contributed by atoms with van der Waals surface area (Å²) in [6.45, 7) is 10.1. The smallest absolute Gasteiger partial charge is 0.157 e. The maximum absolute atomic E-state index is 9.99. The van der Waals surface area contributed by atoms with Crippen LogP contribution in [0, 0.1) is 32.1 Å². The van der Waals surface area contributed by atoms with Gasteiger partial charge in [0.1, 0.15) is 11.9 Å². The first-order valence-corrected chi connectivity index (χ1v) is 12.0. The summed E-state index contributed by atoms with van der Waals surface area (Å²) in [5.41, 5.74) is 9.47. The molecule has 0 spiro atoms. The maximum atomic E-state index is 9.99. The lowest BCUT2D eigenvalue weighted by Crippen LogP contribution is -2.47. The molecular formula is C27H28ClN5. The molecule has 4 aromatic rings. The van der Waals surface area contributed by atoms with Crippen molar-refractivity contribution in [1.29, 1.82) is 5.26 Å². The van der Waals surface area contributed by atoms with Crippen LogP contribution in [-0.4, -0.2) is 41.4 Å². The lowest BCUT2D eigenvalue weighted by atomic mass is 10.0. The highest BCUT2D eigenvalue weighted by Gasteiger charge is 2.27. The molecule has 1 fully saturated rings. The van der Waals surface area contributed by atoms with Crippen molar-refractivity contribution in [1.82, 2.24) is 9.38 Å². The number of alkyl halides is 1. The molecule has 0 bridgehead atoms. The molecule has 3 heterocycles. The highest BCUT2D eigenvalue weighted by molar-refractivity contribution is 6.18. The topological polar surface area (TPSA) is 47.6 Å². The van der Waals surface area contributed by atoms with Crippen molar-refractivity contribution in [2.45, 2.75) is 27.2 Å². The summed E-state index contributed by atoms with van der Waals surface area (Å²) in [6, 6.07) is 17.1. The van der Waals surface area contributed by atoms with Crippen LogP contribution in [0.25, 0.3) is 16.7 Å². The molecule has 0 saturated carbocycles. The summed E-state index contributed by atoms with van der Waals surface area (Å²) in [4.78, 5) is 9.80. The van der Waals surface area contributed by atoms with Crippen LogP contribution < -0.4 is 9.80 Å². The predicted octanol–water partition coefficient (Wildman–Crippen LogP) is 5.39. The molecule has 0 unspecified atom stereocenters. The third kappa shape index (κ3) is 3.50. The molecule has 168 valence electrons. The fourth-order valence-corrected chi connectivity index (χ4v) is 5.32. The van der Waals surface area contributed by atoms with Gasteiger partial charge >= 0.3 is 0 Å². The van der Waals surface area contributed by atoms with Crippen LogP contribution in [0.15, 0.2) is 42.5 Å². The van der Waals surface area contributed by atoms with Gasteiger partial charge in [0.2, 0.25) is 0 Å². The van der Waals surface area contributed by atoms with Gasteiger partial charge in [0.25, 0.3) is 0 Å². The minimum Gasteiger partial charge on any atom is -0.368 e. The number of fused-ring (bicyclic) bond motifs is 3. The van der Waals surface area contributed by atoms with Crippen molar-refractivity contribution >= 4 is 39.8 Å². The Morgan fingerprint density at radius 3 is 2.39 bits per heavy atom. The van der Waals surface area contributed by atoms with Crippen LogP contribution in [0.4, 0.5) is 11.5 Å². The van der Waals surface area contributed by atoms with Crippen molar-refractivity contribution in [3.63, 3.8) is 0 Å². The second-order valence-electron chi connectivity index (χ2n) is 8.81. The Balaban J connectivity index is 1.63. The zero-order valence-electron chi connectivity index (χ0n) is 19.4. The second kappa shape index (κ2) is 8.61. The summed E-state index contributed by atoms with van der Waals surface area (Å²) < 4.78 is 2.19. The number of pyridine rings is 1. The van der Waals surface area contributed by atoms with Crippen molar-refractivity contribution in [2.24, 2.45) is 0 Å². The molecule has 1 saturated heterocycles. The van der Waals surface area contributed by atoms with E-state index in [9.17, 15) is 5.26 Å². The Hall–Kier alpha value is -3.23. The molecule has 0 radical (unpaired) electrons. The number of nitrogens with zero attached hydrogens (tertiary/aromatic N) is 5. The number of halogens is 1. The molecule has 0 atom stereocenters. The third-order valence-electron chi connectivity index (χ3n) is 7.05. The number of aryl methyl sites for hydroxylation is 1. The summed E-state index contributed by atoms with van der Waals surface area (Å²) in [6.07, 6.45) is 0.719. The van der Waals surface area contributed by atoms with Gasteiger partial charge in [0.15, 0.2) is 5.65 Å². The van der Waals surface area contributed by atoms with E-state index in [4.69, 9.17) is 16.6 Å². The van der Waals surface area contributed by atoms with Gasteiger partial charge in [0.05, 0.1) is 16.6 Å². The molecule has 0 amide bonds. The number of imidazole rings is 1. The number of benzene rings is 2. The molecule has 1 aliphatic heterocycles. The minimum absolute atomic E-state index is 0.513. The zero-order valence-corrected chi connectivity index (χ0v) is 20.2. The van der Waals surface area contributed by atoms with E-state index in [2.05, 4.69) is 58.4 Å². The Labute approximate surface area is 199 Å². The van der Waals surface area contributed by atoms with E-state index in [0.29, 0.717) is 11.4 Å². The first kappa shape index (κ1) is 21.6. The quantitative estimate of drug-likeness (QED) is 0.385. The molecule has 6 heteroatoms. The molecule has 33 heavy (non-hydrogen) atoms. The Bertz CT molecular complexity index is 1390. The first-order valence-electron chi connectivity index (χ1n) is 11.5. The van der Waals surface area contributed by atoms with Crippen LogP contribution in [0.2, 0.25) is 0 Å². The lowest BCUT2D eigenvalue weighted by Gasteiger charge is -2.39. The second-order valence-corrected chi connectivity index (χ2v) is 9.18. The van der Waals surface area contributed by atoms with Gasteiger partial charge < -0.3 is 9.80 Å². The standard InChI is InChI=1S/C27H28ClN5/c1-18-7-6-10-24(19(18)2)31-13-15-32(16-14-31)27-21(11-12-28)20(3)22(17-29)26-30-23-8-4-5-9-25(23)33(26)27/h4-10H,11-16H2,1-3H3. The van der Waals surface area contributed by atoms with Gasteiger partial charge in [-0.25, -0.2) is 4.98 Å².